The predicted molar refractivity (Wildman–Crippen MR) is 132 cm³/mol. The number of sulfonamides is 1. The molecule has 0 radical (unpaired) electrons. The van der Waals surface area contributed by atoms with E-state index in [0.717, 1.165) is 11.7 Å². The van der Waals surface area contributed by atoms with E-state index in [4.69, 9.17) is 34.8 Å². The van der Waals surface area contributed by atoms with E-state index in [1.807, 2.05) is 0 Å². The SMILES string of the molecule is C[C@@H](NC(=O)c1ccc(Cl)cc1NS(=O)(=O)c1cccc2nsnc12)c1ccc(Cl)cc1Cl. The van der Waals surface area contributed by atoms with Gasteiger partial charge in [-0.3, -0.25) is 9.52 Å². The minimum absolute atomic E-state index is 0.0228. The van der Waals surface area contributed by atoms with Gasteiger partial charge in [-0.05, 0) is 55.0 Å². The summed E-state index contributed by atoms with van der Waals surface area (Å²) in [6.07, 6.45) is 0. The molecule has 0 aliphatic rings. The first-order valence-electron chi connectivity index (χ1n) is 9.45. The largest absolute Gasteiger partial charge is 0.345 e. The van der Waals surface area contributed by atoms with Crippen LogP contribution >= 0.6 is 46.5 Å². The van der Waals surface area contributed by atoms with E-state index in [2.05, 4.69) is 18.8 Å². The summed E-state index contributed by atoms with van der Waals surface area (Å²) in [6, 6.07) is 13.4. The second-order valence-electron chi connectivity index (χ2n) is 7.04. The average Bonchev–Trinajstić information content (AvgIpc) is 3.22. The molecule has 1 amide bonds. The molecule has 0 spiro atoms. The van der Waals surface area contributed by atoms with Crippen LogP contribution in [0.3, 0.4) is 0 Å². The number of carbonyl (C=O) groups is 1. The summed E-state index contributed by atoms with van der Waals surface area (Å²) in [5, 5.41) is 3.95. The zero-order chi connectivity index (χ0) is 23.8. The van der Waals surface area contributed by atoms with Gasteiger partial charge < -0.3 is 5.32 Å². The summed E-state index contributed by atoms with van der Waals surface area (Å²) < 4.78 is 36.9. The third kappa shape index (κ3) is 5.07. The van der Waals surface area contributed by atoms with E-state index < -0.39 is 22.0 Å². The molecule has 1 atom stereocenters. The number of fused-ring (bicyclic) bond motifs is 1. The van der Waals surface area contributed by atoms with Crippen molar-refractivity contribution in [3.8, 4) is 0 Å². The van der Waals surface area contributed by atoms with E-state index in [1.165, 1.54) is 24.3 Å². The number of aromatic nitrogens is 2. The van der Waals surface area contributed by atoms with Gasteiger partial charge in [0.1, 0.15) is 15.9 Å². The van der Waals surface area contributed by atoms with Crippen LogP contribution < -0.4 is 10.0 Å². The number of anilines is 1. The molecular formula is C21H15Cl3N4O3S2. The van der Waals surface area contributed by atoms with Crippen LogP contribution in [0.2, 0.25) is 15.1 Å². The van der Waals surface area contributed by atoms with Crippen LogP contribution in [0.5, 0.6) is 0 Å². The van der Waals surface area contributed by atoms with Gasteiger partial charge in [0.2, 0.25) is 0 Å². The molecule has 7 nitrogen and oxygen atoms in total. The first-order chi connectivity index (χ1) is 15.7. The Morgan fingerprint density at radius 1 is 1.00 bits per heavy atom. The highest BCUT2D eigenvalue weighted by atomic mass is 35.5. The van der Waals surface area contributed by atoms with Crippen LogP contribution in [0.1, 0.15) is 28.9 Å². The zero-order valence-electron chi connectivity index (χ0n) is 16.8. The Morgan fingerprint density at radius 2 is 1.73 bits per heavy atom. The summed E-state index contributed by atoms with van der Waals surface area (Å²) in [5.74, 6) is -0.517. The van der Waals surface area contributed by atoms with Gasteiger partial charge in [-0.15, -0.1) is 0 Å². The molecule has 0 bridgehead atoms. The molecular weight excluding hydrogens is 527 g/mol. The molecule has 0 fully saturated rings. The molecule has 2 N–H and O–H groups in total. The molecule has 1 heterocycles. The number of carbonyl (C=O) groups excluding carboxylic acids is 1. The normalized spacial score (nSPS) is 12.5. The molecule has 1 aromatic heterocycles. The lowest BCUT2D eigenvalue weighted by atomic mass is 10.1. The number of benzene rings is 3. The highest BCUT2D eigenvalue weighted by molar-refractivity contribution is 7.93. The maximum absolute atomic E-state index is 13.1. The van der Waals surface area contributed by atoms with Crippen molar-refractivity contribution >= 4 is 79.2 Å². The molecule has 3 aromatic carbocycles. The average molecular weight is 542 g/mol. The maximum atomic E-state index is 13.1. The maximum Gasteiger partial charge on any atom is 0.264 e. The van der Waals surface area contributed by atoms with Gasteiger partial charge in [0.25, 0.3) is 15.9 Å². The molecule has 0 aliphatic heterocycles. The molecule has 4 rings (SSSR count). The molecule has 4 aromatic rings. The minimum Gasteiger partial charge on any atom is -0.345 e. The number of hydrogen-bond acceptors (Lipinski definition) is 6. The van der Waals surface area contributed by atoms with Crippen molar-refractivity contribution < 1.29 is 13.2 Å². The number of hydrogen-bond donors (Lipinski definition) is 2. The fourth-order valence-electron chi connectivity index (χ4n) is 3.20. The van der Waals surface area contributed by atoms with Gasteiger partial charge in [0, 0.05) is 15.1 Å². The molecule has 0 saturated carbocycles. The summed E-state index contributed by atoms with van der Waals surface area (Å²) in [5.41, 5.74) is 1.47. The van der Waals surface area contributed by atoms with Crippen molar-refractivity contribution in [3.05, 3.63) is 80.8 Å². The lowest BCUT2D eigenvalue weighted by Gasteiger charge is -2.18. The Balaban J connectivity index is 1.65. The molecule has 0 unspecified atom stereocenters. The molecule has 33 heavy (non-hydrogen) atoms. The summed E-state index contributed by atoms with van der Waals surface area (Å²) in [7, 11) is -4.09. The summed E-state index contributed by atoms with van der Waals surface area (Å²) in [6.45, 7) is 1.75. The topological polar surface area (TPSA) is 101 Å². The van der Waals surface area contributed by atoms with Crippen LogP contribution in [0, 0.1) is 0 Å². The second-order valence-corrected chi connectivity index (χ2v) is 10.5. The quantitative estimate of drug-likeness (QED) is 0.314. The Labute approximate surface area is 209 Å². The Morgan fingerprint density at radius 3 is 2.48 bits per heavy atom. The van der Waals surface area contributed by atoms with Gasteiger partial charge >= 0.3 is 0 Å². The van der Waals surface area contributed by atoms with Gasteiger partial charge in [-0.25, -0.2) is 8.42 Å². The van der Waals surface area contributed by atoms with Gasteiger partial charge in [-0.1, -0.05) is 46.9 Å². The van der Waals surface area contributed by atoms with E-state index in [9.17, 15) is 13.2 Å². The lowest BCUT2D eigenvalue weighted by Crippen LogP contribution is -2.28. The van der Waals surface area contributed by atoms with Crippen LogP contribution in [0.15, 0.2) is 59.5 Å². The third-order valence-electron chi connectivity index (χ3n) is 4.79. The van der Waals surface area contributed by atoms with Crippen molar-refractivity contribution in [2.75, 3.05) is 4.72 Å². The van der Waals surface area contributed by atoms with Gasteiger partial charge in [0.05, 0.1) is 29.0 Å². The first-order valence-corrected chi connectivity index (χ1v) is 12.8. The Hall–Kier alpha value is -2.43. The van der Waals surface area contributed by atoms with Gasteiger partial charge in [0.15, 0.2) is 0 Å². The monoisotopic (exact) mass is 540 g/mol. The van der Waals surface area contributed by atoms with Crippen molar-refractivity contribution in [2.45, 2.75) is 17.9 Å². The standard InChI is InChI=1S/C21H15Cl3N4O3S2/c1-11(14-7-5-12(22)9-16(14)24)25-21(29)15-8-6-13(23)10-18(15)28-33(30,31)19-4-2-3-17-20(19)27-32-26-17/h2-11,28H,1H3,(H,25,29)/t11-/m1/s1. The van der Waals surface area contributed by atoms with E-state index >= 15 is 0 Å². The van der Waals surface area contributed by atoms with Crippen LogP contribution in [-0.4, -0.2) is 23.1 Å². The first kappa shape index (κ1) is 23.7. The van der Waals surface area contributed by atoms with Crippen molar-refractivity contribution in [1.82, 2.24) is 14.1 Å². The number of rotatable bonds is 6. The molecule has 0 saturated heterocycles. The smallest absolute Gasteiger partial charge is 0.264 e. The van der Waals surface area contributed by atoms with Crippen molar-refractivity contribution in [1.29, 1.82) is 0 Å². The van der Waals surface area contributed by atoms with E-state index in [1.54, 1.807) is 37.3 Å². The zero-order valence-corrected chi connectivity index (χ0v) is 20.7. The number of halogens is 3. The van der Waals surface area contributed by atoms with Crippen molar-refractivity contribution in [2.24, 2.45) is 0 Å². The Kier molecular flexibility index (Phi) is 6.78. The molecule has 0 aliphatic carbocycles. The summed E-state index contributed by atoms with van der Waals surface area (Å²) in [4.78, 5) is 13.0. The van der Waals surface area contributed by atoms with E-state index in [0.29, 0.717) is 21.1 Å². The number of nitrogens with zero attached hydrogens (tertiary/aromatic N) is 2. The molecule has 170 valence electrons. The fraction of sp³-hybridized carbons (Fsp3) is 0.0952. The highest BCUT2D eigenvalue weighted by Crippen LogP contribution is 2.29. The van der Waals surface area contributed by atoms with E-state index in [-0.39, 0.29) is 26.7 Å². The fourth-order valence-corrected chi connectivity index (χ4v) is 5.78. The minimum atomic E-state index is -4.09. The van der Waals surface area contributed by atoms with Crippen LogP contribution in [-0.2, 0) is 10.0 Å². The third-order valence-corrected chi connectivity index (χ3v) is 7.52. The lowest BCUT2D eigenvalue weighted by molar-refractivity contribution is 0.0941. The van der Waals surface area contributed by atoms with Crippen LogP contribution in [0.4, 0.5) is 5.69 Å². The summed E-state index contributed by atoms with van der Waals surface area (Å²) >= 11 is 19.2. The van der Waals surface area contributed by atoms with Crippen molar-refractivity contribution in [3.63, 3.8) is 0 Å². The number of nitrogens with one attached hydrogen (secondary N) is 2. The highest BCUT2D eigenvalue weighted by Gasteiger charge is 2.23. The van der Waals surface area contributed by atoms with Crippen LogP contribution in [0.25, 0.3) is 11.0 Å². The Bertz CT molecular complexity index is 1470. The predicted octanol–water partition coefficient (Wildman–Crippen LogP) is 5.94. The van der Waals surface area contributed by atoms with Gasteiger partial charge in [-0.2, -0.15) is 8.75 Å². The number of amides is 1. The second kappa shape index (κ2) is 9.44. The molecule has 12 heteroatoms.